The van der Waals surface area contributed by atoms with Crippen LogP contribution in [-0.4, -0.2) is 64.1 Å². The summed E-state index contributed by atoms with van der Waals surface area (Å²) >= 11 is 1.65. The molecule has 0 aromatic heterocycles. The predicted molar refractivity (Wildman–Crippen MR) is 79.9 cm³/mol. The summed E-state index contributed by atoms with van der Waals surface area (Å²) in [6.45, 7) is 0. The third-order valence-electron chi connectivity index (χ3n) is 2.16. The summed E-state index contributed by atoms with van der Waals surface area (Å²) < 4.78 is 9.75. The van der Waals surface area contributed by atoms with Gasteiger partial charge in [-0.25, -0.2) is 0 Å². The Morgan fingerprint density at radius 2 is 1.37 bits per heavy atom. The van der Waals surface area contributed by atoms with Crippen molar-refractivity contribution < 1.29 is 17.1 Å². The summed E-state index contributed by atoms with van der Waals surface area (Å²) in [6, 6.07) is -1.31. The summed E-state index contributed by atoms with van der Waals surface area (Å²) in [4.78, 5) is 22.8. The molecule has 0 aromatic carbocycles. The quantitative estimate of drug-likeness (QED) is 0.509. The van der Waals surface area contributed by atoms with Gasteiger partial charge in [0.2, 0.25) is 0 Å². The van der Waals surface area contributed by atoms with Crippen LogP contribution in [0.5, 0.6) is 0 Å². The molecule has 0 aliphatic carbocycles. The van der Waals surface area contributed by atoms with Crippen LogP contribution in [0.3, 0.4) is 0 Å². The first-order valence-corrected chi connectivity index (χ1v) is 10.2. The van der Waals surface area contributed by atoms with Crippen molar-refractivity contribution >= 4 is 51.6 Å². The van der Waals surface area contributed by atoms with Crippen LogP contribution < -0.4 is 11.5 Å². The van der Waals surface area contributed by atoms with E-state index in [1.165, 1.54) is 0 Å². The molecule has 0 fully saturated rings. The second-order valence-electron chi connectivity index (χ2n) is 3.70. The monoisotopic (exact) mass is 370 g/mol. The average molecular weight is 369 g/mol. The second-order valence-corrected chi connectivity index (χ2v) is 6.88. The summed E-state index contributed by atoms with van der Waals surface area (Å²) in [5.41, 5.74) is 11.2. The Bertz CT molecular complexity index is 258. The molecule has 9 heteroatoms. The van der Waals surface area contributed by atoms with E-state index in [9.17, 15) is 9.59 Å². The molecule has 4 N–H and O–H groups in total. The van der Waals surface area contributed by atoms with Gasteiger partial charge in [0, 0.05) is 0 Å². The fraction of sp³-hybridized carbons (Fsp3) is 0.800. The van der Waals surface area contributed by atoms with Gasteiger partial charge in [0.05, 0.1) is 0 Å². The number of rotatable bonds is 10. The van der Waals surface area contributed by atoms with Gasteiger partial charge in [-0.15, -0.1) is 0 Å². The molecule has 0 aliphatic heterocycles. The standard InChI is InChI=1S/C10H20GeN2O4S2/c1-18-5-3-7(12)9(14)16-11-17-10(15)8(13)4-6-19-2/h7-8H,3-6,12-13H2,1-2H3/t7-,8-/m0/s1. The molecular weight excluding hydrogens is 349 g/mol. The number of nitrogens with two attached hydrogens (primary N) is 2. The van der Waals surface area contributed by atoms with Crippen LogP contribution in [0.1, 0.15) is 12.8 Å². The van der Waals surface area contributed by atoms with E-state index in [1.807, 2.05) is 12.5 Å². The normalized spacial score (nSPS) is 13.7. The van der Waals surface area contributed by atoms with E-state index in [-0.39, 0.29) is 0 Å². The van der Waals surface area contributed by atoms with Gasteiger partial charge in [-0.2, -0.15) is 0 Å². The Kier molecular flexibility index (Phi) is 12.0. The van der Waals surface area contributed by atoms with Gasteiger partial charge in [-0.05, 0) is 0 Å². The molecule has 0 aromatic rings. The van der Waals surface area contributed by atoms with E-state index in [2.05, 4.69) is 0 Å². The average Bonchev–Trinajstić information content (AvgIpc) is 2.41. The molecule has 0 saturated carbocycles. The number of hydrogen-bond acceptors (Lipinski definition) is 8. The zero-order chi connectivity index (χ0) is 14.7. The van der Waals surface area contributed by atoms with Gasteiger partial charge >= 0.3 is 129 Å². The van der Waals surface area contributed by atoms with E-state index in [0.29, 0.717) is 12.8 Å². The number of thioether (sulfide) groups is 2. The number of hydrogen-bond donors (Lipinski definition) is 2. The van der Waals surface area contributed by atoms with Gasteiger partial charge in [0.25, 0.3) is 0 Å². The molecule has 19 heavy (non-hydrogen) atoms. The van der Waals surface area contributed by atoms with Gasteiger partial charge in [-0.1, -0.05) is 0 Å². The maximum atomic E-state index is 11.4. The molecule has 2 radical (unpaired) electrons. The molecule has 0 bridgehead atoms. The number of carbonyl (C=O) groups excluding carboxylic acids is 2. The van der Waals surface area contributed by atoms with Crippen molar-refractivity contribution in [2.45, 2.75) is 24.9 Å². The third-order valence-corrected chi connectivity index (χ3v) is 4.64. The van der Waals surface area contributed by atoms with Gasteiger partial charge in [-0.3, -0.25) is 0 Å². The van der Waals surface area contributed by atoms with Gasteiger partial charge < -0.3 is 0 Å². The Morgan fingerprint density at radius 3 is 1.68 bits per heavy atom. The van der Waals surface area contributed by atoms with Crippen LogP contribution in [0.2, 0.25) is 0 Å². The summed E-state index contributed by atoms with van der Waals surface area (Å²) in [6.07, 6.45) is 4.97. The van der Waals surface area contributed by atoms with Crippen molar-refractivity contribution in [1.82, 2.24) is 0 Å². The first-order chi connectivity index (χ1) is 9.02. The fourth-order valence-electron chi connectivity index (χ4n) is 0.980. The van der Waals surface area contributed by atoms with Crippen LogP contribution in [0.15, 0.2) is 0 Å². The minimum atomic E-state index is -1.56. The number of carbonyl (C=O) groups is 2. The van der Waals surface area contributed by atoms with Crippen LogP contribution in [-0.2, 0) is 17.1 Å². The fourth-order valence-corrected chi connectivity index (χ4v) is 3.03. The summed E-state index contributed by atoms with van der Waals surface area (Å²) in [5, 5.41) is 0. The zero-order valence-corrected chi connectivity index (χ0v) is 14.8. The van der Waals surface area contributed by atoms with Crippen LogP contribution in [0, 0.1) is 0 Å². The molecule has 6 nitrogen and oxygen atoms in total. The van der Waals surface area contributed by atoms with Gasteiger partial charge in [0.15, 0.2) is 0 Å². The van der Waals surface area contributed by atoms with Crippen LogP contribution in [0.25, 0.3) is 0 Å². The first-order valence-electron chi connectivity index (χ1n) is 5.68. The molecular formula is C10H20GeN2O4S2. The summed E-state index contributed by atoms with van der Waals surface area (Å²) in [7, 11) is 0. The van der Waals surface area contributed by atoms with Crippen molar-refractivity contribution in [3.05, 3.63) is 0 Å². The van der Waals surface area contributed by atoms with Crippen molar-refractivity contribution in [2.75, 3.05) is 24.0 Å². The molecule has 0 unspecified atom stereocenters. The van der Waals surface area contributed by atoms with Crippen molar-refractivity contribution in [3.63, 3.8) is 0 Å². The second kappa shape index (κ2) is 11.9. The predicted octanol–water partition coefficient (Wildman–Crippen LogP) is -0.232. The van der Waals surface area contributed by atoms with E-state index >= 15 is 0 Å². The van der Waals surface area contributed by atoms with E-state index < -0.39 is 40.1 Å². The van der Waals surface area contributed by atoms with Crippen LogP contribution in [0.4, 0.5) is 0 Å². The molecule has 0 heterocycles. The van der Waals surface area contributed by atoms with Crippen molar-refractivity contribution in [2.24, 2.45) is 11.5 Å². The zero-order valence-electron chi connectivity index (χ0n) is 11.1. The van der Waals surface area contributed by atoms with Crippen LogP contribution >= 0.6 is 23.5 Å². The Labute approximate surface area is 129 Å². The third kappa shape index (κ3) is 9.61. The van der Waals surface area contributed by atoms with E-state index in [0.717, 1.165) is 11.5 Å². The van der Waals surface area contributed by atoms with E-state index in [1.54, 1.807) is 23.5 Å². The Balaban J connectivity index is 3.77. The Hall–Kier alpha value is 0.103. The molecule has 0 spiro atoms. The van der Waals surface area contributed by atoms with Gasteiger partial charge in [0.1, 0.15) is 0 Å². The summed E-state index contributed by atoms with van der Waals surface area (Å²) in [5.74, 6) is 0.546. The minimum absolute atomic E-state index is 0.514. The molecule has 110 valence electrons. The van der Waals surface area contributed by atoms with E-state index in [4.69, 9.17) is 19.0 Å². The molecule has 0 aliphatic rings. The first kappa shape index (κ1) is 19.1. The van der Waals surface area contributed by atoms with Crippen molar-refractivity contribution in [3.8, 4) is 0 Å². The topological polar surface area (TPSA) is 105 Å². The molecule has 2 atom stereocenters. The Morgan fingerprint density at radius 1 is 1.00 bits per heavy atom. The van der Waals surface area contributed by atoms with Crippen molar-refractivity contribution in [1.29, 1.82) is 0 Å². The molecule has 0 rings (SSSR count). The maximum absolute atomic E-state index is 11.4. The SMILES string of the molecule is CSCC[C@H](N)C(=O)[O][Ge][O]C(=O)[C@@H](N)CCSC. The molecule has 0 amide bonds. The molecule has 0 saturated heterocycles.